The number of benzene rings is 1. The summed E-state index contributed by atoms with van der Waals surface area (Å²) in [5.74, 6) is 0.289. The zero-order valence-electron chi connectivity index (χ0n) is 14.0. The highest BCUT2D eigenvalue weighted by atomic mass is 32.2. The molecule has 1 aromatic heterocycles. The van der Waals surface area contributed by atoms with Gasteiger partial charge in [-0.25, -0.2) is 5.01 Å². The standard InChI is InChI=1S/C17H15N5O4S/c1-2-9-27-17-19-16(23)14-10-5-3-4-6-11(10)18-15(21(14)20-17)12-7-8-13(26-12)22(24)25/h2-8,14-15,18H,1,9H2,(H,19,20,23). The lowest BCUT2D eigenvalue weighted by Crippen LogP contribution is -2.50. The van der Waals surface area contributed by atoms with E-state index < -0.39 is 17.1 Å². The van der Waals surface area contributed by atoms with Gasteiger partial charge in [-0.05, 0) is 12.1 Å². The third-order valence-electron chi connectivity index (χ3n) is 4.16. The maximum absolute atomic E-state index is 12.8. The highest BCUT2D eigenvalue weighted by Gasteiger charge is 2.43. The van der Waals surface area contributed by atoms with Crippen LogP contribution in [0.15, 0.2) is 58.6 Å². The Morgan fingerprint density at radius 2 is 2.19 bits per heavy atom. The van der Waals surface area contributed by atoms with Gasteiger partial charge in [0.2, 0.25) is 0 Å². The number of rotatable bonds is 4. The van der Waals surface area contributed by atoms with Crippen LogP contribution in [0.25, 0.3) is 0 Å². The van der Waals surface area contributed by atoms with Crippen molar-refractivity contribution in [1.82, 2.24) is 10.3 Å². The van der Waals surface area contributed by atoms with Crippen molar-refractivity contribution in [2.45, 2.75) is 12.2 Å². The largest absolute Gasteiger partial charge is 0.433 e. The molecular formula is C17H15N5O4S. The lowest BCUT2D eigenvalue weighted by Gasteiger charge is -2.42. The molecule has 2 N–H and O–H groups in total. The van der Waals surface area contributed by atoms with Gasteiger partial charge in [0.25, 0.3) is 5.91 Å². The van der Waals surface area contributed by atoms with Crippen LogP contribution < -0.4 is 10.6 Å². The fraction of sp³-hybridized carbons (Fsp3) is 0.176. The molecule has 138 valence electrons. The van der Waals surface area contributed by atoms with Crippen LogP contribution in [0, 0.1) is 10.1 Å². The smallest absolute Gasteiger partial charge is 0.401 e. The van der Waals surface area contributed by atoms with E-state index in [-0.39, 0.29) is 11.8 Å². The molecule has 0 spiro atoms. The molecule has 0 fully saturated rings. The summed E-state index contributed by atoms with van der Waals surface area (Å²) in [5.41, 5.74) is 1.51. The summed E-state index contributed by atoms with van der Waals surface area (Å²) >= 11 is 1.34. The van der Waals surface area contributed by atoms with E-state index in [2.05, 4.69) is 22.3 Å². The monoisotopic (exact) mass is 385 g/mol. The van der Waals surface area contributed by atoms with Crippen molar-refractivity contribution in [2.75, 3.05) is 11.1 Å². The molecule has 27 heavy (non-hydrogen) atoms. The van der Waals surface area contributed by atoms with Crippen molar-refractivity contribution < 1.29 is 14.1 Å². The van der Waals surface area contributed by atoms with E-state index in [1.165, 1.54) is 23.9 Å². The van der Waals surface area contributed by atoms with Crippen molar-refractivity contribution in [3.8, 4) is 0 Å². The Morgan fingerprint density at radius 1 is 1.37 bits per heavy atom. The molecule has 9 nitrogen and oxygen atoms in total. The predicted octanol–water partition coefficient (Wildman–Crippen LogP) is 2.98. The van der Waals surface area contributed by atoms with Gasteiger partial charge in [-0.2, -0.15) is 0 Å². The number of carbonyl (C=O) groups excluding carboxylic acids is 1. The topological polar surface area (TPSA) is 113 Å². The molecule has 4 rings (SSSR count). The first-order valence-electron chi connectivity index (χ1n) is 8.09. The first kappa shape index (κ1) is 17.2. The van der Waals surface area contributed by atoms with Crippen LogP contribution >= 0.6 is 11.8 Å². The number of amides is 1. The molecule has 2 aromatic rings. The number of nitrogens with zero attached hydrogens (tertiary/aromatic N) is 3. The number of nitrogens with one attached hydrogen (secondary N) is 2. The lowest BCUT2D eigenvalue weighted by molar-refractivity contribution is -0.402. The number of furan rings is 1. The fourth-order valence-corrected chi connectivity index (χ4v) is 3.64. The van der Waals surface area contributed by atoms with E-state index in [4.69, 9.17) is 4.42 Å². The molecule has 1 amide bonds. The van der Waals surface area contributed by atoms with Gasteiger partial charge < -0.3 is 15.1 Å². The van der Waals surface area contributed by atoms with Crippen LogP contribution in [-0.4, -0.2) is 26.8 Å². The fourth-order valence-electron chi connectivity index (χ4n) is 3.04. The molecule has 0 radical (unpaired) electrons. The van der Waals surface area contributed by atoms with Crippen LogP contribution in [0.1, 0.15) is 23.5 Å². The number of carbonyl (C=O) groups is 1. The number of nitro groups is 1. The second-order valence-electron chi connectivity index (χ2n) is 5.84. The first-order valence-corrected chi connectivity index (χ1v) is 9.08. The van der Waals surface area contributed by atoms with Gasteiger partial charge in [0.05, 0.1) is 6.07 Å². The molecule has 0 aliphatic carbocycles. The Morgan fingerprint density at radius 3 is 2.93 bits per heavy atom. The van der Waals surface area contributed by atoms with Crippen LogP contribution in [0.2, 0.25) is 0 Å². The van der Waals surface area contributed by atoms with Gasteiger partial charge in [0.1, 0.15) is 4.92 Å². The van der Waals surface area contributed by atoms with Gasteiger partial charge in [0, 0.05) is 17.0 Å². The molecule has 0 saturated heterocycles. The Bertz CT molecular complexity index is 956. The highest BCUT2D eigenvalue weighted by molar-refractivity contribution is 8.14. The molecule has 2 aliphatic rings. The molecule has 10 heteroatoms. The summed E-state index contributed by atoms with van der Waals surface area (Å²) < 4.78 is 5.37. The normalized spacial score (nSPS) is 20.7. The van der Waals surface area contributed by atoms with E-state index >= 15 is 0 Å². The summed E-state index contributed by atoms with van der Waals surface area (Å²) in [5, 5.41) is 23.6. The predicted molar refractivity (Wildman–Crippen MR) is 101 cm³/mol. The maximum Gasteiger partial charge on any atom is 0.433 e. The third kappa shape index (κ3) is 3.04. The van der Waals surface area contributed by atoms with E-state index in [0.29, 0.717) is 16.7 Å². The summed E-state index contributed by atoms with van der Waals surface area (Å²) in [7, 11) is 0. The minimum atomic E-state index is -0.676. The average Bonchev–Trinajstić information content (AvgIpc) is 3.15. The summed E-state index contributed by atoms with van der Waals surface area (Å²) in [4.78, 5) is 23.2. The molecule has 0 saturated carbocycles. The maximum atomic E-state index is 12.8. The van der Waals surface area contributed by atoms with Crippen molar-refractivity contribution in [1.29, 1.82) is 0 Å². The minimum Gasteiger partial charge on any atom is -0.401 e. The quantitative estimate of drug-likeness (QED) is 0.472. The molecule has 2 atom stereocenters. The number of fused-ring (bicyclic) bond motifs is 3. The van der Waals surface area contributed by atoms with E-state index in [1.807, 2.05) is 24.3 Å². The Hall–Kier alpha value is -3.27. The minimum absolute atomic E-state index is 0.225. The first-order chi connectivity index (χ1) is 13.1. The van der Waals surface area contributed by atoms with Crippen LogP contribution in [-0.2, 0) is 4.79 Å². The number of para-hydroxylation sites is 1. The summed E-state index contributed by atoms with van der Waals surface area (Å²) in [6, 6.07) is 9.50. The average molecular weight is 385 g/mol. The lowest BCUT2D eigenvalue weighted by atomic mass is 9.99. The third-order valence-corrected chi connectivity index (χ3v) is 5.02. The van der Waals surface area contributed by atoms with Gasteiger partial charge in [0.15, 0.2) is 23.1 Å². The highest BCUT2D eigenvalue weighted by Crippen LogP contribution is 2.43. The number of amidine groups is 1. The molecule has 0 bridgehead atoms. The van der Waals surface area contributed by atoms with Gasteiger partial charge >= 0.3 is 5.88 Å². The molecular weight excluding hydrogens is 370 g/mol. The number of hydrazone groups is 1. The van der Waals surface area contributed by atoms with Gasteiger partial charge in [-0.15, -0.1) is 11.7 Å². The molecule has 2 unspecified atom stereocenters. The zero-order chi connectivity index (χ0) is 19.0. The van der Waals surface area contributed by atoms with Crippen molar-refractivity contribution in [3.05, 3.63) is 70.5 Å². The molecule has 1 aromatic carbocycles. The second-order valence-corrected chi connectivity index (χ2v) is 6.85. The van der Waals surface area contributed by atoms with Crippen molar-refractivity contribution in [2.24, 2.45) is 5.10 Å². The zero-order valence-corrected chi connectivity index (χ0v) is 14.8. The van der Waals surface area contributed by atoms with Crippen LogP contribution in [0.4, 0.5) is 11.6 Å². The second kappa shape index (κ2) is 6.80. The number of hydrogen-bond acceptors (Lipinski definition) is 8. The Kier molecular flexibility index (Phi) is 4.32. The van der Waals surface area contributed by atoms with Gasteiger partial charge in [-0.1, -0.05) is 36.0 Å². The summed E-state index contributed by atoms with van der Waals surface area (Å²) in [6.45, 7) is 3.66. The van der Waals surface area contributed by atoms with Crippen LogP contribution in [0.5, 0.6) is 0 Å². The molecule has 2 aliphatic heterocycles. The SMILES string of the molecule is C=CCSC1=NN2C(c3ccc([N+](=O)[O-])o3)Nc3ccccc3C2C(=O)N1. The van der Waals surface area contributed by atoms with Crippen molar-refractivity contribution in [3.63, 3.8) is 0 Å². The Labute approximate surface area is 158 Å². The molecule has 3 heterocycles. The Balaban J connectivity index is 1.79. The summed E-state index contributed by atoms with van der Waals surface area (Å²) in [6.07, 6.45) is 1.05. The number of anilines is 1. The van der Waals surface area contributed by atoms with E-state index in [1.54, 1.807) is 11.1 Å². The van der Waals surface area contributed by atoms with E-state index in [9.17, 15) is 14.9 Å². The van der Waals surface area contributed by atoms with Crippen LogP contribution in [0.3, 0.4) is 0 Å². The van der Waals surface area contributed by atoms with Crippen molar-refractivity contribution >= 4 is 34.4 Å². The van der Waals surface area contributed by atoms with E-state index in [0.717, 1.165) is 11.3 Å². The van der Waals surface area contributed by atoms with Gasteiger partial charge in [-0.3, -0.25) is 14.9 Å². The number of hydrogen-bond donors (Lipinski definition) is 2. The number of thioether (sulfide) groups is 1.